The normalized spacial score (nSPS) is 12.3. The summed E-state index contributed by atoms with van der Waals surface area (Å²) in [7, 11) is 0. The summed E-state index contributed by atoms with van der Waals surface area (Å²) in [5.74, 6) is -0.524. The van der Waals surface area contributed by atoms with Crippen LogP contribution in [0, 0.1) is 5.82 Å². The Kier molecular flexibility index (Phi) is 6.45. The number of benzene rings is 1. The maximum atomic E-state index is 13.2. The zero-order valence-corrected chi connectivity index (χ0v) is 12.1. The number of carbonyl (C=O) groups excluding carboxylic acids is 1. The summed E-state index contributed by atoms with van der Waals surface area (Å²) in [5.41, 5.74) is 0.460. The van der Waals surface area contributed by atoms with Gasteiger partial charge in [-0.3, -0.25) is 4.79 Å². The van der Waals surface area contributed by atoms with Gasteiger partial charge in [0.2, 0.25) is 0 Å². The molecule has 0 saturated carbocycles. The first kappa shape index (κ1) is 16.4. The van der Waals surface area contributed by atoms with Gasteiger partial charge in [-0.15, -0.1) is 0 Å². The van der Waals surface area contributed by atoms with Crippen molar-refractivity contribution in [2.24, 2.45) is 0 Å². The van der Waals surface area contributed by atoms with E-state index in [1.54, 1.807) is 6.92 Å². The van der Waals surface area contributed by atoms with Crippen LogP contribution in [0.2, 0.25) is 0 Å². The van der Waals surface area contributed by atoms with Crippen molar-refractivity contribution in [3.05, 3.63) is 29.6 Å². The van der Waals surface area contributed by atoms with Crippen molar-refractivity contribution >= 4 is 5.91 Å². The third-order valence-corrected chi connectivity index (χ3v) is 3.14. The molecule has 1 aromatic rings. The summed E-state index contributed by atoms with van der Waals surface area (Å²) in [6.07, 6.45) is 0.912. The summed E-state index contributed by atoms with van der Waals surface area (Å²) in [6.45, 7) is 5.35. The highest BCUT2D eigenvalue weighted by molar-refractivity contribution is 5.77. The lowest BCUT2D eigenvalue weighted by Crippen LogP contribution is -2.37. The molecule has 1 amide bonds. The lowest BCUT2D eigenvalue weighted by atomic mass is 10.1. The predicted octanol–water partition coefficient (Wildman–Crippen LogP) is 2.56. The molecule has 0 radical (unpaired) electrons. The Hall–Kier alpha value is -1.62. The Morgan fingerprint density at radius 2 is 2.05 bits per heavy atom. The topological polar surface area (TPSA) is 58.6 Å². The van der Waals surface area contributed by atoms with Crippen LogP contribution in [0.25, 0.3) is 0 Å². The fourth-order valence-electron chi connectivity index (χ4n) is 1.88. The molecule has 0 bridgehead atoms. The van der Waals surface area contributed by atoms with Crippen molar-refractivity contribution in [1.82, 2.24) is 5.32 Å². The van der Waals surface area contributed by atoms with Crippen LogP contribution < -0.4 is 10.1 Å². The number of aliphatic hydroxyl groups excluding tert-OH is 1. The van der Waals surface area contributed by atoms with E-state index in [9.17, 15) is 14.3 Å². The van der Waals surface area contributed by atoms with Gasteiger partial charge in [0.1, 0.15) is 11.6 Å². The maximum absolute atomic E-state index is 13.2. The van der Waals surface area contributed by atoms with Crippen LogP contribution in [-0.2, 0) is 4.79 Å². The minimum absolute atomic E-state index is 0.120. The molecule has 5 heteroatoms. The Morgan fingerprint density at radius 1 is 1.40 bits per heavy atom. The molecular formula is C15H22FNO3. The average Bonchev–Trinajstić information content (AvgIpc) is 2.42. The van der Waals surface area contributed by atoms with Gasteiger partial charge in [0.25, 0.3) is 5.91 Å². The van der Waals surface area contributed by atoms with Gasteiger partial charge in [-0.25, -0.2) is 4.39 Å². The van der Waals surface area contributed by atoms with Crippen LogP contribution in [0.5, 0.6) is 5.75 Å². The van der Waals surface area contributed by atoms with Crippen LogP contribution in [0.4, 0.5) is 4.39 Å². The molecule has 0 saturated heterocycles. The van der Waals surface area contributed by atoms with Gasteiger partial charge in [-0.1, -0.05) is 13.8 Å². The molecule has 20 heavy (non-hydrogen) atoms. The number of halogens is 1. The lowest BCUT2D eigenvalue weighted by Gasteiger charge is -2.16. The van der Waals surface area contributed by atoms with Crippen molar-refractivity contribution in [2.45, 2.75) is 45.8 Å². The van der Waals surface area contributed by atoms with Gasteiger partial charge in [-0.2, -0.15) is 0 Å². The van der Waals surface area contributed by atoms with Gasteiger partial charge in [0.15, 0.2) is 6.61 Å². The molecular weight excluding hydrogens is 261 g/mol. The number of amides is 1. The number of rotatable bonds is 7. The molecule has 2 N–H and O–H groups in total. The van der Waals surface area contributed by atoms with Crippen LogP contribution in [0.3, 0.4) is 0 Å². The van der Waals surface area contributed by atoms with Gasteiger partial charge in [-0.05, 0) is 31.9 Å². The Morgan fingerprint density at radius 3 is 2.60 bits per heavy atom. The molecule has 0 aromatic heterocycles. The number of carbonyl (C=O) groups is 1. The third-order valence-electron chi connectivity index (χ3n) is 3.14. The van der Waals surface area contributed by atoms with E-state index in [1.807, 2.05) is 13.8 Å². The average molecular weight is 283 g/mol. The molecule has 0 heterocycles. The summed E-state index contributed by atoms with van der Waals surface area (Å²) in [4.78, 5) is 11.7. The van der Waals surface area contributed by atoms with E-state index in [0.29, 0.717) is 5.56 Å². The number of hydrogen-bond acceptors (Lipinski definition) is 3. The second-order valence-electron chi connectivity index (χ2n) is 4.73. The van der Waals surface area contributed by atoms with E-state index in [1.165, 1.54) is 18.2 Å². The first-order valence-corrected chi connectivity index (χ1v) is 6.87. The molecule has 0 spiro atoms. The molecule has 1 aromatic carbocycles. The van der Waals surface area contributed by atoms with Crippen molar-refractivity contribution in [1.29, 1.82) is 0 Å². The number of nitrogens with one attached hydrogen (secondary N) is 1. The number of aliphatic hydroxyl groups is 1. The van der Waals surface area contributed by atoms with Crippen molar-refractivity contribution < 1.29 is 19.0 Å². The summed E-state index contributed by atoms with van der Waals surface area (Å²) in [5, 5.41) is 12.4. The van der Waals surface area contributed by atoms with E-state index in [0.717, 1.165) is 12.8 Å². The highest BCUT2D eigenvalue weighted by Crippen LogP contribution is 2.25. The van der Waals surface area contributed by atoms with Crippen LogP contribution in [-0.4, -0.2) is 23.7 Å². The molecule has 1 atom stereocenters. The Bertz CT molecular complexity index is 445. The van der Waals surface area contributed by atoms with Gasteiger partial charge in [0.05, 0.1) is 6.10 Å². The second-order valence-corrected chi connectivity index (χ2v) is 4.73. The minimum Gasteiger partial charge on any atom is -0.483 e. The zero-order chi connectivity index (χ0) is 15.1. The standard InChI is InChI=1S/C15H22FNO3/c1-4-12(5-2)17-15(19)9-20-14-8-11(16)6-7-13(14)10(3)18/h6-8,10,12,18H,4-5,9H2,1-3H3,(H,17,19)/t10-/m1/s1. The van der Waals surface area contributed by atoms with Crippen LogP contribution >= 0.6 is 0 Å². The summed E-state index contributed by atoms with van der Waals surface area (Å²) in [6, 6.07) is 3.99. The molecule has 112 valence electrons. The second kappa shape index (κ2) is 7.85. The van der Waals surface area contributed by atoms with Crippen molar-refractivity contribution in [3.63, 3.8) is 0 Å². The zero-order valence-electron chi connectivity index (χ0n) is 12.1. The van der Waals surface area contributed by atoms with Gasteiger partial charge in [0, 0.05) is 17.7 Å². The first-order valence-electron chi connectivity index (χ1n) is 6.87. The fraction of sp³-hybridized carbons (Fsp3) is 0.533. The van der Waals surface area contributed by atoms with Gasteiger partial charge >= 0.3 is 0 Å². The molecule has 0 aliphatic carbocycles. The SMILES string of the molecule is CCC(CC)NC(=O)COc1cc(F)ccc1[C@@H](C)O. The summed E-state index contributed by atoms with van der Waals surface area (Å²) >= 11 is 0. The van der Waals surface area contributed by atoms with Gasteiger partial charge < -0.3 is 15.2 Å². The lowest BCUT2D eigenvalue weighted by molar-refractivity contribution is -0.123. The van der Waals surface area contributed by atoms with Crippen molar-refractivity contribution in [2.75, 3.05) is 6.61 Å². The van der Waals surface area contributed by atoms with E-state index in [2.05, 4.69) is 5.32 Å². The van der Waals surface area contributed by atoms with Crippen LogP contribution in [0.15, 0.2) is 18.2 Å². The molecule has 0 aliphatic heterocycles. The Balaban J connectivity index is 2.65. The molecule has 0 unspecified atom stereocenters. The van der Waals surface area contributed by atoms with E-state index in [4.69, 9.17) is 4.74 Å². The first-order chi connectivity index (χ1) is 9.47. The molecule has 0 aliphatic rings. The van der Waals surface area contributed by atoms with E-state index in [-0.39, 0.29) is 24.3 Å². The van der Waals surface area contributed by atoms with Crippen molar-refractivity contribution in [3.8, 4) is 5.75 Å². The quantitative estimate of drug-likeness (QED) is 0.808. The largest absolute Gasteiger partial charge is 0.483 e. The monoisotopic (exact) mass is 283 g/mol. The number of ether oxygens (including phenoxy) is 1. The number of hydrogen-bond donors (Lipinski definition) is 2. The molecule has 0 fully saturated rings. The molecule has 4 nitrogen and oxygen atoms in total. The minimum atomic E-state index is -0.785. The third kappa shape index (κ3) is 4.81. The Labute approximate surface area is 119 Å². The smallest absolute Gasteiger partial charge is 0.258 e. The maximum Gasteiger partial charge on any atom is 0.258 e. The predicted molar refractivity (Wildman–Crippen MR) is 75.0 cm³/mol. The fourth-order valence-corrected chi connectivity index (χ4v) is 1.88. The van der Waals surface area contributed by atoms with E-state index >= 15 is 0 Å². The van der Waals surface area contributed by atoms with Crippen LogP contribution in [0.1, 0.15) is 45.3 Å². The molecule has 1 rings (SSSR count). The highest BCUT2D eigenvalue weighted by atomic mass is 19.1. The van der Waals surface area contributed by atoms with E-state index < -0.39 is 11.9 Å². The summed E-state index contributed by atoms with van der Waals surface area (Å²) < 4.78 is 18.5. The highest BCUT2D eigenvalue weighted by Gasteiger charge is 2.13.